The van der Waals surface area contributed by atoms with Crippen molar-refractivity contribution in [2.45, 2.75) is 0 Å². The molecule has 0 saturated heterocycles. The molecule has 0 saturated carbocycles. The molecule has 0 aliphatic rings. The summed E-state index contributed by atoms with van der Waals surface area (Å²) < 4.78 is 27.3. The fraction of sp³-hybridized carbons (Fsp3) is 0.0833. The standard InChI is InChI=1S/C12H9F2N3O2/c1-17-6-11(15-7-17)12(18)19-16-5-8-2-9(13)4-10(14)3-8/h2-7H,1H3. The molecule has 5 nitrogen and oxygen atoms in total. The van der Waals surface area contributed by atoms with Crippen molar-refractivity contribution in [3.05, 3.63) is 53.6 Å². The highest BCUT2D eigenvalue weighted by Gasteiger charge is 2.09. The van der Waals surface area contributed by atoms with Gasteiger partial charge in [0.05, 0.1) is 12.5 Å². The Morgan fingerprint density at radius 1 is 1.37 bits per heavy atom. The largest absolute Gasteiger partial charge is 0.385 e. The summed E-state index contributed by atoms with van der Waals surface area (Å²) in [5.41, 5.74) is 0.233. The summed E-state index contributed by atoms with van der Waals surface area (Å²) in [5, 5.41) is 3.35. The predicted molar refractivity (Wildman–Crippen MR) is 62.6 cm³/mol. The summed E-state index contributed by atoms with van der Waals surface area (Å²) in [6, 6.07) is 2.85. The van der Waals surface area contributed by atoms with Crippen molar-refractivity contribution < 1.29 is 18.4 Å². The smallest absolute Gasteiger partial charge is 0.340 e. The Morgan fingerprint density at radius 3 is 2.63 bits per heavy atom. The molecule has 1 aromatic heterocycles. The number of aryl methyl sites for hydroxylation is 1. The highest BCUT2D eigenvalue weighted by atomic mass is 19.1. The van der Waals surface area contributed by atoms with Crippen molar-refractivity contribution in [2.75, 3.05) is 0 Å². The van der Waals surface area contributed by atoms with Crippen molar-refractivity contribution in [3.63, 3.8) is 0 Å². The number of hydrogen-bond acceptors (Lipinski definition) is 4. The van der Waals surface area contributed by atoms with Crippen molar-refractivity contribution >= 4 is 12.2 Å². The highest BCUT2D eigenvalue weighted by Crippen LogP contribution is 2.06. The minimum Gasteiger partial charge on any atom is -0.340 e. The average molecular weight is 265 g/mol. The maximum absolute atomic E-state index is 12.9. The molecule has 0 spiro atoms. The predicted octanol–water partition coefficient (Wildman–Crippen LogP) is 1.89. The number of benzene rings is 1. The van der Waals surface area contributed by atoms with Gasteiger partial charge >= 0.3 is 5.97 Å². The normalized spacial score (nSPS) is 10.9. The van der Waals surface area contributed by atoms with Gasteiger partial charge in [-0.15, -0.1) is 0 Å². The lowest BCUT2D eigenvalue weighted by Gasteiger charge is -1.95. The fourth-order valence-corrected chi connectivity index (χ4v) is 1.35. The molecule has 1 aromatic carbocycles. The Labute approximate surface area is 107 Å². The molecule has 0 radical (unpaired) electrons. The number of carbonyl (C=O) groups excluding carboxylic acids is 1. The first-order valence-electron chi connectivity index (χ1n) is 5.23. The SMILES string of the molecule is Cn1cnc(C(=O)ON=Cc2cc(F)cc(F)c2)c1. The first-order valence-corrected chi connectivity index (χ1v) is 5.23. The lowest BCUT2D eigenvalue weighted by molar-refractivity contribution is 0.0513. The first-order chi connectivity index (χ1) is 9.04. The van der Waals surface area contributed by atoms with E-state index in [9.17, 15) is 13.6 Å². The van der Waals surface area contributed by atoms with Gasteiger partial charge in [-0.25, -0.2) is 18.6 Å². The molecule has 0 aliphatic carbocycles. The second kappa shape index (κ2) is 5.38. The van der Waals surface area contributed by atoms with Gasteiger partial charge in [-0.1, -0.05) is 5.16 Å². The zero-order chi connectivity index (χ0) is 13.8. The van der Waals surface area contributed by atoms with E-state index in [0.717, 1.165) is 24.4 Å². The van der Waals surface area contributed by atoms with E-state index < -0.39 is 17.6 Å². The number of imidazole rings is 1. The molecule has 0 bridgehead atoms. The molecule has 2 aromatic rings. The van der Waals surface area contributed by atoms with Gasteiger partial charge in [0, 0.05) is 24.9 Å². The lowest BCUT2D eigenvalue weighted by Crippen LogP contribution is -2.01. The Hall–Kier alpha value is -2.57. The third-order valence-electron chi connectivity index (χ3n) is 2.14. The van der Waals surface area contributed by atoms with Crippen LogP contribution in [0.4, 0.5) is 8.78 Å². The summed E-state index contributed by atoms with van der Waals surface area (Å²) in [6.45, 7) is 0. The van der Waals surface area contributed by atoms with Crippen LogP contribution in [0.15, 0.2) is 35.9 Å². The van der Waals surface area contributed by atoms with Crippen LogP contribution in [0.25, 0.3) is 0 Å². The number of rotatable bonds is 3. The Balaban J connectivity index is 2.01. The van der Waals surface area contributed by atoms with Crippen LogP contribution in [0, 0.1) is 11.6 Å². The number of aromatic nitrogens is 2. The molecule has 0 unspecified atom stereocenters. The third kappa shape index (κ3) is 3.44. The zero-order valence-electron chi connectivity index (χ0n) is 9.88. The molecule has 0 aliphatic heterocycles. The third-order valence-corrected chi connectivity index (χ3v) is 2.14. The molecule has 2 rings (SSSR count). The quantitative estimate of drug-likeness (QED) is 0.484. The summed E-state index contributed by atoms with van der Waals surface area (Å²) >= 11 is 0. The van der Waals surface area contributed by atoms with Gasteiger partial charge in [0.15, 0.2) is 5.69 Å². The van der Waals surface area contributed by atoms with Crippen molar-refractivity contribution in [2.24, 2.45) is 12.2 Å². The van der Waals surface area contributed by atoms with Crippen LogP contribution in [-0.2, 0) is 11.9 Å². The van der Waals surface area contributed by atoms with Crippen LogP contribution in [0.5, 0.6) is 0 Å². The molecule has 1 heterocycles. The first kappa shape index (κ1) is 12.9. The number of halogens is 2. The van der Waals surface area contributed by atoms with Gasteiger partial charge in [0.2, 0.25) is 0 Å². The van der Waals surface area contributed by atoms with Crippen LogP contribution < -0.4 is 0 Å². The highest BCUT2D eigenvalue weighted by molar-refractivity contribution is 5.87. The molecule has 0 atom stereocenters. The van der Waals surface area contributed by atoms with E-state index in [1.54, 1.807) is 11.6 Å². The van der Waals surface area contributed by atoms with Gasteiger partial charge < -0.3 is 9.40 Å². The van der Waals surface area contributed by atoms with Crippen molar-refractivity contribution in [1.82, 2.24) is 9.55 Å². The van der Waals surface area contributed by atoms with Crippen LogP contribution in [0.1, 0.15) is 16.1 Å². The average Bonchev–Trinajstić information content (AvgIpc) is 2.74. The van der Waals surface area contributed by atoms with Gasteiger partial charge in [-0.05, 0) is 12.1 Å². The van der Waals surface area contributed by atoms with E-state index in [2.05, 4.69) is 15.0 Å². The van der Waals surface area contributed by atoms with Gasteiger partial charge in [-0.3, -0.25) is 0 Å². The fourth-order valence-electron chi connectivity index (χ4n) is 1.35. The Kier molecular flexibility index (Phi) is 3.65. The van der Waals surface area contributed by atoms with Crippen LogP contribution in [-0.4, -0.2) is 21.7 Å². The van der Waals surface area contributed by atoms with E-state index in [-0.39, 0.29) is 11.3 Å². The zero-order valence-corrected chi connectivity index (χ0v) is 9.88. The summed E-state index contributed by atoms with van der Waals surface area (Å²) in [7, 11) is 1.70. The molecule has 0 N–H and O–H groups in total. The van der Waals surface area contributed by atoms with Crippen LogP contribution >= 0.6 is 0 Å². The number of oxime groups is 1. The second-order valence-corrected chi connectivity index (χ2v) is 3.74. The Morgan fingerprint density at radius 2 is 2.05 bits per heavy atom. The van der Waals surface area contributed by atoms with E-state index in [1.165, 1.54) is 12.5 Å². The van der Waals surface area contributed by atoms with Gasteiger partial charge in [0.25, 0.3) is 0 Å². The Bertz CT molecular complexity index is 617. The maximum atomic E-state index is 12.9. The van der Waals surface area contributed by atoms with Crippen LogP contribution in [0.2, 0.25) is 0 Å². The molecule has 0 amide bonds. The molecular weight excluding hydrogens is 256 g/mol. The van der Waals surface area contributed by atoms with Crippen molar-refractivity contribution in [1.29, 1.82) is 0 Å². The second-order valence-electron chi connectivity index (χ2n) is 3.74. The summed E-state index contributed by atoms with van der Waals surface area (Å²) in [6.07, 6.45) is 3.93. The number of hydrogen-bond donors (Lipinski definition) is 0. The molecule has 0 fully saturated rings. The van der Waals surface area contributed by atoms with Gasteiger partial charge in [-0.2, -0.15) is 0 Å². The number of nitrogens with zero attached hydrogens (tertiary/aromatic N) is 3. The topological polar surface area (TPSA) is 56.5 Å². The minimum atomic E-state index is -0.756. The summed E-state index contributed by atoms with van der Waals surface area (Å²) in [5.74, 6) is -2.23. The number of carbonyl (C=O) groups is 1. The van der Waals surface area contributed by atoms with Crippen molar-refractivity contribution in [3.8, 4) is 0 Å². The molecule has 98 valence electrons. The van der Waals surface area contributed by atoms with E-state index in [0.29, 0.717) is 0 Å². The summed E-state index contributed by atoms with van der Waals surface area (Å²) in [4.78, 5) is 19.7. The molecule has 7 heteroatoms. The lowest BCUT2D eigenvalue weighted by atomic mass is 10.2. The van der Waals surface area contributed by atoms with Crippen LogP contribution in [0.3, 0.4) is 0 Å². The van der Waals surface area contributed by atoms with E-state index in [4.69, 9.17) is 0 Å². The molecule has 19 heavy (non-hydrogen) atoms. The molecular formula is C12H9F2N3O2. The maximum Gasteiger partial charge on any atom is 0.385 e. The van der Waals surface area contributed by atoms with E-state index >= 15 is 0 Å². The van der Waals surface area contributed by atoms with E-state index in [1.807, 2.05) is 0 Å². The van der Waals surface area contributed by atoms with Gasteiger partial charge in [0.1, 0.15) is 11.6 Å². The monoisotopic (exact) mass is 265 g/mol. The minimum absolute atomic E-state index is 0.0880.